The summed E-state index contributed by atoms with van der Waals surface area (Å²) in [4.78, 5) is 26.0. The Labute approximate surface area is 185 Å². The van der Waals surface area contributed by atoms with Crippen molar-refractivity contribution in [1.29, 1.82) is 0 Å². The van der Waals surface area contributed by atoms with Gasteiger partial charge in [-0.05, 0) is 84.1 Å². The smallest absolute Gasteiger partial charge is 0.225 e. The normalized spacial score (nSPS) is 15.8. The number of anilines is 2. The number of rotatable bonds is 5. The lowest BCUT2D eigenvalue weighted by Gasteiger charge is -2.21. The van der Waals surface area contributed by atoms with Gasteiger partial charge in [0.15, 0.2) is 9.84 Å². The number of amides is 2. The second kappa shape index (κ2) is 8.51. The van der Waals surface area contributed by atoms with E-state index in [1.807, 2.05) is 32.9 Å². The average Bonchev–Trinajstić information content (AvgIpc) is 2.97. The van der Waals surface area contributed by atoms with Crippen LogP contribution in [0.2, 0.25) is 0 Å². The fourth-order valence-electron chi connectivity index (χ4n) is 3.72. The van der Waals surface area contributed by atoms with Crippen molar-refractivity contribution in [2.45, 2.75) is 51.5 Å². The van der Waals surface area contributed by atoms with Crippen LogP contribution in [0.1, 0.15) is 37.0 Å². The van der Waals surface area contributed by atoms with Gasteiger partial charge in [-0.1, -0.05) is 6.07 Å². The maximum Gasteiger partial charge on any atom is 0.225 e. The van der Waals surface area contributed by atoms with Crippen LogP contribution >= 0.6 is 15.9 Å². The van der Waals surface area contributed by atoms with Gasteiger partial charge >= 0.3 is 0 Å². The number of nitrogens with zero attached hydrogens (tertiary/aromatic N) is 1. The molecule has 2 aromatic rings. The second-order valence-corrected chi connectivity index (χ2v) is 10.7. The molecule has 0 aromatic heterocycles. The zero-order chi connectivity index (χ0) is 22.2. The first kappa shape index (κ1) is 22.5. The van der Waals surface area contributed by atoms with Crippen LogP contribution in [0.15, 0.2) is 39.7 Å². The van der Waals surface area contributed by atoms with E-state index < -0.39 is 9.84 Å². The molecule has 160 valence electrons. The van der Waals surface area contributed by atoms with E-state index in [9.17, 15) is 18.0 Å². The summed E-state index contributed by atoms with van der Waals surface area (Å²) in [6.45, 7) is 7.33. The van der Waals surface area contributed by atoms with Crippen molar-refractivity contribution in [3.63, 3.8) is 0 Å². The van der Waals surface area contributed by atoms with E-state index in [4.69, 9.17) is 0 Å². The Kier molecular flexibility index (Phi) is 6.38. The highest BCUT2D eigenvalue weighted by Crippen LogP contribution is 2.38. The first-order chi connectivity index (χ1) is 14.0. The number of carbonyl (C=O) groups excluding carboxylic acids is 2. The fourth-order valence-corrected chi connectivity index (χ4v) is 6.17. The molecule has 0 unspecified atom stereocenters. The summed E-state index contributed by atoms with van der Waals surface area (Å²) >= 11 is 3.35. The van der Waals surface area contributed by atoms with Gasteiger partial charge in [-0.3, -0.25) is 9.59 Å². The van der Waals surface area contributed by atoms with Crippen molar-refractivity contribution in [2.75, 3.05) is 16.0 Å². The lowest BCUT2D eigenvalue weighted by Crippen LogP contribution is -2.33. The summed E-state index contributed by atoms with van der Waals surface area (Å²) in [5.41, 5.74) is 4.36. The number of hydrogen-bond acceptors (Lipinski definition) is 4. The highest BCUT2D eigenvalue weighted by molar-refractivity contribution is 9.10. The monoisotopic (exact) mass is 492 g/mol. The van der Waals surface area contributed by atoms with Crippen LogP contribution in [0, 0.1) is 13.8 Å². The van der Waals surface area contributed by atoms with Gasteiger partial charge in [0.2, 0.25) is 11.8 Å². The van der Waals surface area contributed by atoms with E-state index in [0.29, 0.717) is 22.3 Å². The molecule has 0 aliphatic carbocycles. The fraction of sp³-hybridized carbons (Fsp3) is 0.364. The second-order valence-electron chi connectivity index (χ2n) is 7.77. The van der Waals surface area contributed by atoms with E-state index in [1.54, 1.807) is 23.1 Å². The minimum absolute atomic E-state index is 0.0221. The van der Waals surface area contributed by atoms with Crippen LogP contribution in [0.4, 0.5) is 11.4 Å². The molecule has 1 N–H and O–H groups in total. The highest BCUT2D eigenvalue weighted by Gasteiger charge is 2.32. The van der Waals surface area contributed by atoms with Crippen molar-refractivity contribution in [2.24, 2.45) is 0 Å². The number of nitrogens with one attached hydrogen (secondary N) is 1. The van der Waals surface area contributed by atoms with Gasteiger partial charge in [0.05, 0.1) is 10.6 Å². The minimum Gasteiger partial charge on any atom is -0.326 e. The Balaban J connectivity index is 1.77. The molecule has 1 aliphatic rings. The molecule has 0 saturated carbocycles. The zero-order valence-corrected chi connectivity index (χ0v) is 19.9. The quantitative estimate of drug-likeness (QED) is 0.678. The first-order valence-corrected chi connectivity index (χ1v) is 12.2. The Morgan fingerprint density at radius 3 is 2.50 bits per heavy atom. The van der Waals surface area contributed by atoms with Gasteiger partial charge in [0.1, 0.15) is 0 Å². The minimum atomic E-state index is -3.73. The summed E-state index contributed by atoms with van der Waals surface area (Å²) in [5.74, 6) is -0.811. The molecule has 2 amide bonds. The third-order valence-corrected chi connectivity index (χ3v) is 8.08. The van der Waals surface area contributed by atoms with Crippen LogP contribution in [0.3, 0.4) is 0 Å². The van der Waals surface area contributed by atoms with E-state index in [-0.39, 0.29) is 34.9 Å². The van der Waals surface area contributed by atoms with E-state index in [0.717, 1.165) is 16.7 Å². The van der Waals surface area contributed by atoms with E-state index in [2.05, 4.69) is 21.2 Å². The molecule has 6 nitrogen and oxygen atoms in total. The summed E-state index contributed by atoms with van der Waals surface area (Å²) in [6.07, 6.45) is 0.512. The summed E-state index contributed by atoms with van der Waals surface area (Å²) in [6, 6.07) is 8.84. The topological polar surface area (TPSA) is 83.6 Å². The van der Waals surface area contributed by atoms with Gasteiger partial charge in [-0.15, -0.1) is 0 Å². The molecule has 1 aliphatic heterocycles. The Bertz CT molecular complexity index is 1130. The number of sulfone groups is 1. The van der Waals surface area contributed by atoms with Gasteiger partial charge in [0.25, 0.3) is 0 Å². The van der Waals surface area contributed by atoms with Crippen molar-refractivity contribution in [3.8, 4) is 0 Å². The summed E-state index contributed by atoms with van der Waals surface area (Å²) < 4.78 is 26.4. The number of benzene rings is 2. The third-order valence-electron chi connectivity index (χ3n) is 5.41. The van der Waals surface area contributed by atoms with Crippen molar-refractivity contribution in [1.82, 2.24) is 0 Å². The molecule has 30 heavy (non-hydrogen) atoms. The van der Waals surface area contributed by atoms with Crippen molar-refractivity contribution >= 4 is 49.0 Å². The molecule has 2 aromatic carbocycles. The lowest BCUT2D eigenvalue weighted by molar-refractivity contribution is -0.117. The van der Waals surface area contributed by atoms with E-state index in [1.165, 1.54) is 6.92 Å². The molecule has 1 atom stereocenters. The molecule has 8 heteroatoms. The van der Waals surface area contributed by atoms with Gasteiger partial charge in [-0.2, -0.15) is 0 Å². The number of fused-ring (bicyclic) bond motifs is 1. The molecule has 0 spiro atoms. The molecule has 0 radical (unpaired) electrons. The van der Waals surface area contributed by atoms with Crippen LogP contribution in [0.5, 0.6) is 0 Å². The predicted molar refractivity (Wildman–Crippen MR) is 122 cm³/mol. The molecular formula is C22H25BrN2O4S. The Morgan fingerprint density at radius 1 is 1.17 bits per heavy atom. The van der Waals surface area contributed by atoms with Crippen molar-refractivity contribution < 1.29 is 18.0 Å². The van der Waals surface area contributed by atoms with Gasteiger partial charge in [-0.25, -0.2) is 8.42 Å². The third kappa shape index (κ3) is 4.59. The van der Waals surface area contributed by atoms with Crippen molar-refractivity contribution in [3.05, 3.63) is 51.5 Å². The Morgan fingerprint density at radius 2 is 1.87 bits per heavy atom. The first-order valence-electron chi connectivity index (χ1n) is 9.71. The van der Waals surface area contributed by atoms with Crippen LogP contribution in [-0.2, 0) is 25.8 Å². The molecule has 0 fully saturated rings. The van der Waals surface area contributed by atoms with Gasteiger partial charge < -0.3 is 10.2 Å². The molecule has 0 bridgehead atoms. The summed E-state index contributed by atoms with van der Waals surface area (Å²) in [7, 11) is -3.73. The molecule has 0 saturated heterocycles. The highest BCUT2D eigenvalue weighted by atomic mass is 79.9. The molecule has 1 heterocycles. The van der Waals surface area contributed by atoms with Crippen LogP contribution in [-0.4, -0.2) is 32.0 Å². The SMILES string of the molecule is CC(=O)N1c2cc(S(=O)(=O)CCC(=O)Nc3ccc(C)c(C)c3)c(Br)cc2C[C@H]1C. The molecule has 3 rings (SSSR count). The Hall–Kier alpha value is -2.19. The van der Waals surface area contributed by atoms with E-state index >= 15 is 0 Å². The number of halogens is 1. The van der Waals surface area contributed by atoms with Gasteiger partial charge in [0, 0.05) is 35.2 Å². The molecular weight excluding hydrogens is 468 g/mol. The maximum absolute atomic E-state index is 13.0. The number of hydrogen-bond donors (Lipinski definition) is 1. The average molecular weight is 493 g/mol. The summed E-state index contributed by atoms with van der Waals surface area (Å²) in [5, 5.41) is 2.75. The standard InChI is InChI=1S/C22H25BrN2O4S/c1-13-5-6-18(9-14(13)2)24-22(27)7-8-30(28,29)21-12-20-17(11-19(21)23)10-15(3)25(20)16(4)26/h5-6,9,11-12,15H,7-8,10H2,1-4H3,(H,24,27)/t15-/m1/s1. The lowest BCUT2D eigenvalue weighted by atomic mass is 10.1. The predicted octanol–water partition coefficient (Wildman–Crippen LogP) is 4.17. The zero-order valence-electron chi connectivity index (χ0n) is 17.5. The number of aryl methyl sites for hydroxylation is 2. The maximum atomic E-state index is 13.0. The van der Waals surface area contributed by atoms with Crippen LogP contribution in [0.25, 0.3) is 0 Å². The number of carbonyl (C=O) groups is 2. The van der Waals surface area contributed by atoms with Crippen LogP contribution < -0.4 is 10.2 Å². The largest absolute Gasteiger partial charge is 0.326 e.